The van der Waals surface area contributed by atoms with Gasteiger partial charge in [0.15, 0.2) is 18.3 Å². The molecule has 0 aliphatic carbocycles. The Kier molecular flexibility index (Phi) is 42.6. The van der Waals surface area contributed by atoms with E-state index in [1.807, 2.05) is 111 Å². The van der Waals surface area contributed by atoms with Crippen molar-refractivity contribution in [3.8, 4) is 17.2 Å². The Balaban J connectivity index is 0.000000350. The molecule has 6 aromatic carbocycles. The van der Waals surface area contributed by atoms with Crippen molar-refractivity contribution in [1.29, 1.82) is 0 Å². The van der Waals surface area contributed by atoms with E-state index in [1.165, 1.54) is 39.6 Å². The second-order valence-corrected chi connectivity index (χ2v) is 45.5. The van der Waals surface area contributed by atoms with Crippen molar-refractivity contribution in [3.63, 3.8) is 0 Å². The van der Waals surface area contributed by atoms with Crippen molar-refractivity contribution in [2.45, 2.75) is 270 Å². The summed E-state index contributed by atoms with van der Waals surface area (Å²) in [7, 11) is 7.96. The monoisotopic (exact) mass is 2140 g/mol. The van der Waals surface area contributed by atoms with Crippen LogP contribution in [-0.4, -0.2) is 185 Å². The number of ether oxygens (including phenoxy) is 12. The fraction of sp³-hybridized carbons (Fsp3) is 0.514. The van der Waals surface area contributed by atoms with E-state index in [0.29, 0.717) is 54.8 Å². The van der Waals surface area contributed by atoms with E-state index in [4.69, 9.17) is 91.6 Å². The number of benzene rings is 6. The van der Waals surface area contributed by atoms with Crippen LogP contribution < -0.4 is 46.1 Å². The highest BCUT2D eigenvalue weighted by Crippen LogP contribution is 2.49. The highest BCUT2D eigenvalue weighted by Gasteiger charge is 2.52. The standard InChI is InChI=1S/C74H92Cl2N4O16S2.C37H47ClN2O8S/c1-41(2)31-59-69(85)91-55(15-13-17-61(81)79-53(35-47-23-29-57(89-11)51(75)33-47)67(83)77-39-73(7,8)71(87)93-59)43(5)63-65(95-63)49-25-19-45(20-26-49)37-97-98-38-46-21-27-50(28-22-46)66-64(96-66)44(6)56-16-14-18-62(82)80-54(36-48-24-30-58(90-12)52(76)34-48)68(84)78-40-74(9,10)72(88)94-60(32-42(3)4)70(86)92-56;1-21(2)16-30-35(43)46-28(22(3)32-33(48-32)25-13-10-23(19-49)11-14-25)8-7-9-31(41)40-27(18-24-12-15-29(45-6)26(38)17-24)34(42)39-20-37(4,5)36(44)47-30/h13-14,17-30,33-34,41-44,53-56,59-60,63-66H,15-16,31-32,35-40H2,1-12H3,(H,77,83)(H,78,84)(H,79,81)(H,80,82);7,9-15,17,21-22,27-28,30,32-33,49H,8,16,18-20H2,1-6H3,(H,39,42)(H,40,41)/b17-13+,18-14+;9-7+/t43-,44-,53+,54+,55-,56-,59-,60-,63+,64+,65+,66+;22-,27+,28-,30-,32+,33+/m00/s1. The van der Waals surface area contributed by atoms with Gasteiger partial charge in [-0.05, 0) is 183 Å². The van der Waals surface area contributed by atoms with E-state index < -0.39 is 142 Å². The summed E-state index contributed by atoms with van der Waals surface area (Å²) in [6, 6.07) is 36.7. The molecule has 6 heterocycles. The maximum absolute atomic E-state index is 14.1. The Morgan fingerprint density at radius 3 is 0.850 bits per heavy atom. The first kappa shape index (κ1) is 117. The molecule has 3 saturated heterocycles. The number of rotatable bonds is 30. The van der Waals surface area contributed by atoms with Crippen LogP contribution in [0.4, 0.5) is 0 Å². The molecule has 6 aromatic rings. The molecule has 6 N–H and O–H groups in total. The predicted molar refractivity (Wildman–Crippen MR) is 565 cm³/mol. The Morgan fingerprint density at radius 2 is 0.612 bits per heavy atom. The number of epoxide rings is 3. The molecule has 796 valence electrons. The highest BCUT2D eigenvalue weighted by atomic mass is 35.5. The van der Waals surface area contributed by atoms with E-state index >= 15 is 0 Å². The van der Waals surface area contributed by atoms with Crippen molar-refractivity contribution in [2.24, 2.45) is 51.8 Å². The summed E-state index contributed by atoms with van der Waals surface area (Å²) in [5.74, 6) is -4.82. The molecule has 18 atom stereocenters. The number of amides is 6. The number of carbonyl (C=O) groups is 12. The summed E-state index contributed by atoms with van der Waals surface area (Å²) in [5.41, 5.74) is 4.55. The Hall–Kier alpha value is -10.6. The number of halogens is 3. The Labute approximate surface area is 889 Å². The van der Waals surface area contributed by atoms with Crippen molar-refractivity contribution >= 4 is 140 Å². The third-order valence-corrected chi connectivity index (χ3v) is 30.0. The van der Waals surface area contributed by atoms with Crippen LogP contribution in [0, 0.1) is 51.8 Å². The lowest BCUT2D eigenvalue weighted by molar-refractivity contribution is -0.179. The van der Waals surface area contributed by atoms with Crippen molar-refractivity contribution in [1.82, 2.24) is 31.9 Å². The molecule has 147 heavy (non-hydrogen) atoms. The van der Waals surface area contributed by atoms with Gasteiger partial charge >= 0.3 is 35.8 Å². The summed E-state index contributed by atoms with van der Waals surface area (Å²) >= 11 is 23.5. The summed E-state index contributed by atoms with van der Waals surface area (Å²) in [6.45, 7) is 26.6. The molecule has 3 fully saturated rings. The zero-order valence-electron chi connectivity index (χ0n) is 86.5. The minimum absolute atomic E-state index is 0.0156. The third-order valence-electron chi connectivity index (χ3n) is 26.5. The van der Waals surface area contributed by atoms with Gasteiger partial charge in [-0.2, -0.15) is 12.6 Å². The number of nitrogens with one attached hydrogen (secondary N) is 6. The number of cyclic esters (lactones) is 6. The van der Waals surface area contributed by atoms with E-state index in [0.717, 1.165) is 44.9 Å². The summed E-state index contributed by atoms with van der Waals surface area (Å²) in [6.07, 6.45) is 2.70. The first-order valence-electron chi connectivity index (χ1n) is 49.8. The van der Waals surface area contributed by atoms with Crippen LogP contribution in [0.5, 0.6) is 17.2 Å². The molecule has 0 bridgehead atoms. The van der Waals surface area contributed by atoms with Crippen molar-refractivity contribution in [3.05, 3.63) is 229 Å². The normalized spacial score (nSPS) is 26.3. The van der Waals surface area contributed by atoms with Crippen LogP contribution in [-0.2, 0) is 137 Å². The maximum atomic E-state index is 14.1. The first-order chi connectivity index (χ1) is 69.7. The molecule has 6 aliphatic rings. The Bertz CT molecular complexity index is 5480. The topological polar surface area (TPSA) is 398 Å². The lowest BCUT2D eigenvalue weighted by Gasteiger charge is -2.29. The zero-order valence-corrected chi connectivity index (χ0v) is 91.3. The van der Waals surface area contributed by atoms with Gasteiger partial charge in [-0.15, -0.1) is 0 Å². The van der Waals surface area contributed by atoms with E-state index in [-0.39, 0.29) is 150 Å². The molecule has 0 radical (unpaired) electrons. The minimum Gasteiger partial charge on any atom is -0.495 e. The average Bonchev–Trinajstić information content (AvgIpc) is 1.63. The summed E-state index contributed by atoms with van der Waals surface area (Å²) in [4.78, 5) is 164. The summed E-state index contributed by atoms with van der Waals surface area (Å²) in [5, 5.41) is 17.8. The lowest BCUT2D eigenvalue weighted by atomic mass is 9.92. The molecule has 36 heteroatoms. The van der Waals surface area contributed by atoms with Crippen LogP contribution in [0.2, 0.25) is 15.1 Å². The van der Waals surface area contributed by atoms with E-state index in [1.54, 1.807) is 136 Å². The molecule has 0 aromatic heterocycles. The number of esters is 6. The Morgan fingerprint density at radius 1 is 0.361 bits per heavy atom. The molecular weight excluding hydrogens is 2000 g/mol. The van der Waals surface area contributed by atoms with Gasteiger partial charge < -0.3 is 88.7 Å². The molecule has 6 amide bonds. The van der Waals surface area contributed by atoms with Crippen LogP contribution in [0.15, 0.2) is 164 Å². The smallest absolute Gasteiger partial charge is 0.347 e. The second-order valence-electron chi connectivity index (χ2n) is 41.5. The number of carbonyl (C=O) groups excluding carboxylic acids is 12. The molecule has 6 aliphatic heterocycles. The fourth-order valence-corrected chi connectivity index (χ4v) is 20.3. The summed E-state index contributed by atoms with van der Waals surface area (Å²) < 4.78 is 70.6. The molecule has 0 unspecified atom stereocenters. The van der Waals surface area contributed by atoms with Gasteiger partial charge in [-0.3, -0.25) is 43.2 Å². The fourth-order valence-electron chi connectivity index (χ4n) is 17.1. The number of hydrogen-bond acceptors (Lipinski definition) is 27. The van der Waals surface area contributed by atoms with Gasteiger partial charge in [-0.1, -0.05) is 228 Å². The average molecular weight is 2140 g/mol. The van der Waals surface area contributed by atoms with Gasteiger partial charge in [0.05, 0.1) is 71.0 Å². The molecule has 0 spiro atoms. The van der Waals surface area contributed by atoms with Crippen LogP contribution in [0.3, 0.4) is 0 Å². The van der Waals surface area contributed by atoms with Crippen molar-refractivity contribution in [2.75, 3.05) is 41.0 Å². The molecule has 0 saturated carbocycles. The quantitative estimate of drug-likeness (QED) is 0.00550. The highest BCUT2D eigenvalue weighted by molar-refractivity contribution is 8.76. The maximum Gasteiger partial charge on any atom is 0.347 e. The van der Waals surface area contributed by atoms with Gasteiger partial charge in [0, 0.05) is 93.2 Å². The van der Waals surface area contributed by atoms with Crippen LogP contribution in [0.25, 0.3) is 0 Å². The third kappa shape index (κ3) is 34.2. The number of hydrogen-bond donors (Lipinski definition) is 7. The van der Waals surface area contributed by atoms with Crippen LogP contribution >= 0.6 is 69.0 Å². The van der Waals surface area contributed by atoms with Gasteiger partial charge in [0.1, 0.15) is 72.0 Å². The molecule has 30 nitrogen and oxygen atoms in total. The van der Waals surface area contributed by atoms with Crippen LogP contribution in [0.1, 0.15) is 211 Å². The lowest BCUT2D eigenvalue weighted by Crippen LogP contribution is -2.51. The van der Waals surface area contributed by atoms with Gasteiger partial charge in [-0.25, -0.2) is 14.4 Å². The number of thiol groups is 1. The van der Waals surface area contributed by atoms with E-state index in [9.17, 15) is 57.5 Å². The zero-order chi connectivity index (χ0) is 107. The second kappa shape index (κ2) is 53.7. The largest absolute Gasteiger partial charge is 0.495 e. The molecule has 12 rings (SSSR count). The van der Waals surface area contributed by atoms with Gasteiger partial charge in [0.2, 0.25) is 35.4 Å². The minimum atomic E-state index is -1.26. The van der Waals surface area contributed by atoms with Crippen molar-refractivity contribution < 1.29 is 114 Å². The first-order valence-corrected chi connectivity index (χ1v) is 54.0. The predicted octanol–water partition coefficient (Wildman–Crippen LogP) is 17.2. The number of methoxy groups -OCH3 is 3. The van der Waals surface area contributed by atoms with E-state index in [2.05, 4.69) is 68.8 Å². The molecular formula is C111H139Cl3N6O24S3. The SMILES string of the molecule is COc1ccc(C[C@H]2NC(=O)/C=C/C[C@@H]([C@H](C)[C@H]3O[C@@H]3c3ccc(CS)cc3)OC(=O)[C@H](CC(C)C)OC(=O)C(C)(C)CNC2=O)cc1Cl.COc1ccc(C[C@H]2NC(=O)/C=C/C[C@@H]([C@H](C)[C@H]3O[C@@H]3c3ccc(CSSCc4ccc([C@H]5O[C@@H]5[C@@H](C)[C@@H]5C/C=C/C(=O)N[C@H](Cc6ccc(OC)c(Cl)c6)C(=O)NCC(C)(C)C(=O)O[C@@H](CC(C)C)C(=O)O5)cc4)cc3)OC(=O)[C@H](CC(C)C)OC(=O)C(C)(C)CNC2=O)cc1Cl. The van der Waals surface area contributed by atoms with Gasteiger partial charge in [0.25, 0.3) is 0 Å².